The molecule has 1 atom stereocenters. The number of hydrogen-bond acceptors (Lipinski definition) is 3. The molecule has 0 bridgehead atoms. The SMILES string of the molecule is CCOC(=O)C1CCN(C(C=C(C)C)CC(C)(C)c2ccc(F)cc2)CC1. The van der Waals surface area contributed by atoms with Crippen molar-refractivity contribution in [2.75, 3.05) is 19.7 Å². The molecule has 0 saturated carbocycles. The minimum Gasteiger partial charge on any atom is -0.466 e. The summed E-state index contributed by atoms with van der Waals surface area (Å²) in [5, 5.41) is 0. The molecule has 1 heterocycles. The van der Waals surface area contributed by atoms with Crippen LogP contribution in [0.25, 0.3) is 0 Å². The van der Waals surface area contributed by atoms with E-state index in [0.29, 0.717) is 12.6 Å². The van der Waals surface area contributed by atoms with Crippen LogP contribution in [0.4, 0.5) is 4.39 Å². The van der Waals surface area contributed by atoms with Gasteiger partial charge < -0.3 is 4.74 Å². The monoisotopic (exact) mass is 375 g/mol. The molecule has 27 heavy (non-hydrogen) atoms. The van der Waals surface area contributed by atoms with Crippen molar-refractivity contribution in [3.8, 4) is 0 Å². The van der Waals surface area contributed by atoms with Crippen molar-refractivity contribution in [3.05, 3.63) is 47.3 Å². The highest BCUT2D eigenvalue weighted by Crippen LogP contribution is 2.32. The van der Waals surface area contributed by atoms with Gasteiger partial charge >= 0.3 is 5.97 Å². The molecule has 0 aromatic heterocycles. The maximum absolute atomic E-state index is 13.3. The summed E-state index contributed by atoms with van der Waals surface area (Å²) in [5.41, 5.74) is 2.38. The van der Waals surface area contributed by atoms with Gasteiger partial charge in [-0.2, -0.15) is 0 Å². The molecule has 0 amide bonds. The average molecular weight is 376 g/mol. The van der Waals surface area contributed by atoms with E-state index in [-0.39, 0.29) is 23.1 Å². The van der Waals surface area contributed by atoms with Crippen LogP contribution in [0.3, 0.4) is 0 Å². The minimum absolute atomic E-state index is 0.0265. The van der Waals surface area contributed by atoms with Crippen molar-refractivity contribution in [2.45, 2.75) is 65.3 Å². The van der Waals surface area contributed by atoms with Gasteiger partial charge in [-0.3, -0.25) is 9.69 Å². The van der Waals surface area contributed by atoms with Crippen molar-refractivity contribution in [3.63, 3.8) is 0 Å². The molecule has 150 valence electrons. The first kappa shape index (κ1) is 21.6. The molecule has 1 saturated heterocycles. The molecule has 4 heteroatoms. The second-order valence-electron chi connectivity index (χ2n) is 8.47. The van der Waals surface area contributed by atoms with Crippen LogP contribution in [0.5, 0.6) is 0 Å². The van der Waals surface area contributed by atoms with Gasteiger partial charge in [0.25, 0.3) is 0 Å². The number of piperidine rings is 1. The fourth-order valence-electron chi connectivity index (χ4n) is 3.95. The summed E-state index contributed by atoms with van der Waals surface area (Å²) in [4.78, 5) is 14.5. The Labute approximate surface area is 163 Å². The number of halogens is 1. The number of carbonyl (C=O) groups is 1. The third kappa shape index (κ3) is 6.17. The van der Waals surface area contributed by atoms with Gasteiger partial charge in [-0.1, -0.05) is 37.6 Å². The van der Waals surface area contributed by atoms with Crippen LogP contribution in [0.1, 0.15) is 59.4 Å². The van der Waals surface area contributed by atoms with Crippen molar-refractivity contribution in [2.24, 2.45) is 5.92 Å². The van der Waals surface area contributed by atoms with E-state index in [0.717, 1.165) is 37.9 Å². The molecular formula is C23H34FNO2. The lowest BCUT2D eigenvalue weighted by molar-refractivity contribution is -0.149. The fourth-order valence-corrected chi connectivity index (χ4v) is 3.95. The van der Waals surface area contributed by atoms with Gasteiger partial charge in [-0.25, -0.2) is 4.39 Å². The van der Waals surface area contributed by atoms with Crippen molar-refractivity contribution < 1.29 is 13.9 Å². The Balaban J connectivity index is 2.09. The van der Waals surface area contributed by atoms with Crippen LogP contribution in [-0.2, 0) is 14.9 Å². The number of esters is 1. The minimum atomic E-state index is -0.198. The summed E-state index contributed by atoms with van der Waals surface area (Å²) >= 11 is 0. The van der Waals surface area contributed by atoms with E-state index in [4.69, 9.17) is 4.74 Å². The summed E-state index contributed by atoms with van der Waals surface area (Å²) in [6, 6.07) is 7.16. The maximum atomic E-state index is 13.3. The van der Waals surface area contributed by atoms with E-state index < -0.39 is 0 Å². The normalized spacial score (nSPS) is 17.4. The van der Waals surface area contributed by atoms with E-state index in [9.17, 15) is 9.18 Å². The van der Waals surface area contributed by atoms with Gasteiger partial charge in [0.1, 0.15) is 5.82 Å². The predicted octanol–water partition coefficient (Wildman–Crippen LogP) is 5.10. The molecule has 0 aliphatic carbocycles. The van der Waals surface area contributed by atoms with Crippen molar-refractivity contribution >= 4 is 5.97 Å². The zero-order valence-electron chi connectivity index (χ0n) is 17.4. The van der Waals surface area contributed by atoms with E-state index in [1.54, 1.807) is 0 Å². The van der Waals surface area contributed by atoms with Crippen LogP contribution >= 0.6 is 0 Å². The van der Waals surface area contributed by atoms with Gasteiger partial charge in [0, 0.05) is 6.04 Å². The second kappa shape index (κ2) is 9.50. The number of nitrogens with zero attached hydrogens (tertiary/aromatic N) is 1. The van der Waals surface area contributed by atoms with Gasteiger partial charge in [-0.15, -0.1) is 0 Å². The molecule has 1 aliphatic rings. The molecule has 0 N–H and O–H groups in total. The van der Waals surface area contributed by atoms with E-state index >= 15 is 0 Å². The van der Waals surface area contributed by atoms with E-state index in [2.05, 4.69) is 38.7 Å². The first-order valence-corrected chi connectivity index (χ1v) is 10.0. The average Bonchev–Trinajstić information content (AvgIpc) is 2.61. The molecule has 1 unspecified atom stereocenters. The molecule has 0 radical (unpaired) electrons. The van der Waals surface area contributed by atoms with E-state index in [1.807, 2.05) is 19.1 Å². The highest BCUT2D eigenvalue weighted by molar-refractivity contribution is 5.72. The topological polar surface area (TPSA) is 29.5 Å². The maximum Gasteiger partial charge on any atom is 0.309 e. The summed E-state index contributed by atoms with van der Waals surface area (Å²) in [6.45, 7) is 12.8. The highest BCUT2D eigenvalue weighted by Gasteiger charge is 2.32. The zero-order valence-corrected chi connectivity index (χ0v) is 17.4. The Hall–Kier alpha value is -1.68. The summed E-state index contributed by atoms with van der Waals surface area (Å²) in [6.07, 6.45) is 4.98. The van der Waals surface area contributed by atoms with Crippen LogP contribution in [-0.4, -0.2) is 36.6 Å². The largest absolute Gasteiger partial charge is 0.466 e. The number of likely N-dealkylation sites (tertiary alicyclic amines) is 1. The number of carbonyl (C=O) groups excluding carboxylic acids is 1. The molecular weight excluding hydrogens is 341 g/mol. The lowest BCUT2D eigenvalue weighted by atomic mass is 9.78. The lowest BCUT2D eigenvalue weighted by Gasteiger charge is -2.39. The number of rotatable bonds is 7. The van der Waals surface area contributed by atoms with Crippen LogP contribution in [0, 0.1) is 11.7 Å². The Kier molecular flexibility index (Phi) is 7.60. The second-order valence-corrected chi connectivity index (χ2v) is 8.47. The first-order chi connectivity index (χ1) is 12.7. The van der Waals surface area contributed by atoms with Gasteiger partial charge in [0.2, 0.25) is 0 Å². The third-order valence-corrected chi connectivity index (χ3v) is 5.49. The number of benzene rings is 1. The molecule has 3 nitrogen and oxygen atoms in total. The predicted molar refractivity (Wildman–Crippen MR) is 108 cm³/mol. The van der Waals surface area contributed by atoms with Crippen molar-refractivity contribution in [1.29, 1.82) is 0 Å². The van der Waals surface area contributed by atoms with E-state index in [1.165, 1.54) is 17.7 Å². The van der Waals surface area contributed by atoms with Crippen LogP contribution in [0.15, 0.2) is 35.9 Å². The molecule has 1 fully saturated rings. The van der Waals surface area contributed by atoms with Crippen LogP contribution < -0.4 is 0 Å². The van der Waals surface area contributed by atoms with Gasteiger partial charge in [0.15, 0.2) is 0 Å². The molecule has 2 rings (SSSR count). The zero-order chi connectivity index (χ0) is 20.0. The Morgan fingerprint density at radius 3 is 2.37 bits per heavy atom. The Bertz CT molecular complexity index is 639. The number of allylic oxidation sites excluding steroid dienone is 1. The quantitative estimate of drug-likeness (QED) is 0.490. The standard InChI is InChI=1S/C23H34FNO2/c1-6-27-22(26)18-11-13-25(14-12-18)21(15-17(2)3)16-23(4,5)19-7-9-20(24)10-8-19/h7-10,15,18,21H,6,11-14,16H2,1-5H3. The highest BCUT2D eigenvalue weighted by atomic mass is 19.1. The van der Waals surface area contributed by atoms with Gasteiger partial charge in [-0.05, 0) is 76.2 Å². The third-order valence-electron chi connectivity index (χ3n) is 5.49. The molecule has 1 aromatic carbocycles. The molecule has 1 aromatic rings. The smallest absolute Gasteiger partial charge is 0.309 e. The Morgan fingerprint density at radius 2 is 1.85 bits per heavy atom. The van der Waals surface area contributed by atoms with Crippen molar-refractivity contribution in [1.82, 2.24) is 4.90 Å². The number of hydrogen-bond donors (Lipinski definition) is 0. The first-order valence-electron chi connectivity index (χ1n) is 10.0. The number of ether oxygens (including phenoxy) is 1. The lowest BCUT2D eigenvalue weighted by Crippen LogP contribution is -2.44. The summed E-state index contributed by atoms with van der Waals surface area (Å²) < 4.78 is 18.5. The summed E-state index contributed by atoms with van der Waals surface area (Å²) in [7, 11) is 0. The van der Waals surface area contributed by atoms with Crippen LogP contribution in [0.2, 0.25) is 0 Å². The fraction of sp³-hybridized carbons (Fsp3) is 0.609. The molecule has 0 spiro atoms. The Morgan fingerprint density at radius 1 is 1.26 bits per heavy atom. The van der Waals surface area contributed by atoms with Gasteiger partial charge in [0.05, 0.1) is 12.5 Å². The molecule has 1 aliphatic heterocycles. The summed E-state index contributed by atoms with van der Waals surface area (Å²) in [5.74, 6) is -0.224.